The Morgan fingerprint density at radius 3 is 3.19 bits per heavy atom. The third-order valence-electron chi connectivity index (χ3n) is 3.32. The summed E-state index contributed by atoms with van der Waals surface area (Å²) in [7, 11) is 0. The Morgan fingerprint density at radius 1 is 1.62 bits per heavy atom. The highest BCUT2D eigenvalue weighted by Gasteiger charge is 2.25. The molecule has 1 aliphatic rings. The predicted octanol–water partition coefficient (Wildman–Crippen LogP) is 1.74. The van der Waals surface area contributed by atoms with Crippen molar-refractivity contribution in [2.45, 2.75) is 45.1 Å². The van der Waals surface area contributed by atoms with Gasteiger partial charge in [-0.2, -0.15) is 5.10 Å². The highest BCUT2D eigenvalue weighted by atomic mass is 16.2. The first kappa shape index (κ1) is 11.2. The van der Waals surface area contributed by atoms with Crippen LogP contribution in [0.3, 0.4) is 0 Å². The molecule has 0 bridgehead atoms. The summed E-state index contributed by atoms with van der Waals surface area (Å²) in [5.41, 5.74) is 0.908. The summed E-state index contributed by atoms with van der Waals surface area (Å²) in [4.78, 5) is 14.2. The summed E-state index contributed by atoms with van der Waals surface area (Å²) in [6.45, 7) is 3.08. The summed E-state index contributed by atoms with van der Waals surface area (Å²) < 4.78 is 0. The lowest BCUT2D eigenvalue weighted by molar-refractivity contribution is -0.134. The Hall–Kier alpha value is -1.32. The van der Waals surface area contributed by atoms with E-state index in [4.69, 9.17) is 0 Å². The smallest absolute Gasteiger partial charge is 0.228 e. The van der Waals surface area contributed by atoms with Crippen molar-refractivity contribution in [1.82, 2.24) is 15.1 Å². The van der Waals surface area contributed by atoms with Gasteiger partial charge in [-0.3, -0.25) is 9.89 Å². The van der Waals surface area contributed by atoms with Gasteiger partial charge in [0.25, 0.3) is 0 Å². The van der Waals surface area contributed by atoms with Crippen LogP contribution < -0.4 is 0 Å². The van der Waals surface area contributed by atoms with Crippen LogP contribution in [0.5, 0.6) is 0 Å². The molecule has 1 saturated heterocycles. The van der Waals surface area contributed by atoms with E-state index in [1.807, 2.05) is 11.0 Å². The fourth-order valence-corrected chi connectivity index (χ4v) is 2.40. The third kappa shape index (κ3) is 2.43. The van der Waals surface area contributed by atoms with Crippen molar-refractivity contribution in [2.75, 3.05) is 6.54 Å². The van der Waals surface area contributed by atoms with E-state index in [0.717, 1.165) is 31.5 Å². The molecule has 1 aliphatic heterocycles. The minimum Gasteiger partial charge on any atom is -0.339 e. The van der Waals surface area contributed by atoms with E-state index in [1.165, 1.54) is 6.42 Å². The lowest BCUT2D eigenvalue weighted by atomic mass is 9.99. The van der Waals surface area contributed by atoms with Crippen molar-refractivity contribution >= 4 is 5.91 Å². The molecule has 4 heteroatoms. The second kappa shape index (κ2) is 5.14. The van der Waals surface area contributed by atoms with E-state index < -0.39 is 0 Å². The molecule has 1 aromatic rings. The van der Waals surface area contributed by atoms with Gasteiger partial charge in [0.2, 0.25) is 5.91 Å². The van der Waals surface area contributed by atoms with Crippen molar-refractivity contribution in [3.8, 4) is 0 Å². The molecule has 4 nitrogen and oxygen atoms in total. The van der Waals surface area contributed by atoms with Gasteiger partial charge in [0.15, 0.2) is 0 Å². The first-order chi connectivity index (χ1) is 7.81. The van der Waals surface area contributed by atoms with Gasteiger partial charge in [-0.25, -0.2) is 0 Å². The van der Waals surface area contributed by atoms with E-state index in [9.17, 15) is 4.79 Å². The average molecular weight is 221 g/mol. The van der Waals surface area contributed by atoms with Crippen LogP contribution in [0.15, 0.2) is 12.3 Å². The molecule has 1 fully saturated rings. The molecular formula is C12H19N3O. The molecule has 88 valence electrons. The molecule has 2 rings (SSSR count). The number of carbonyl (C=O) groups excluding carboxylic acids is 1. The maximum absolute atomic E-state index is 12.1. The number of likely N-dealkylation sites (tertiary alicyclic amines) is 1. The average Bonchev–Trinajstić information content (AvgIpc) is 2.81. The largest absolute Gasteiger partial charge is 0.339 e. The van der Waals surface area contributed by atoms with E-state index >= 15 is 0 Å². The topological polar surface area (TPSA) is 49.0 Å². The van der Waals surface area contributed by atoms with Gasteiger partial charge in [-0.15, -0.1) is 0 Å². The van der Waals surface area contributed by atoms with Gasteiger partial charge in [0.1, 0.15) is 0 Å². The molecule has 16 heavy (non-hydrogen) atoms. The van der Waals surface area contributed by atoms with Gasteiger partial charge in [-0.05, 0) is 31.7 Å². The molecule has 2 heterocycles. The quantitative estimate of drug-likeness (QED) is 0.845. The number of H-pyrrole nitrogens is 1. The number of rotatable bonds is 3. The molecular weight excluding hydrogens is 202 g/mol. The molecule has 1 unspecified atom stereocenters. The number of aromatic nitrogens is 2. The van der Waals surface area contributed by atoms with Crippen molar-refractivity contribution in [1.29, 1.82) is 0 Å². The number of hydrogen-bond acceptors (Lipinski definition) is 2. The van der Waals surface area contributed by atoms with Gasteiger partial charge >= 0.3 is 0 Å². The molecule has 1 N–H and O–H groups in total. The number of carbonyl (C=O) groups is 1. The monoisotopic (exact) mass is 221 g/mol. The lowest BCUT2D eigenvalue weighted by Crippen LogP contribution is -2.44. The van der Waals surface area contributed by atoms with E-state index in [2.05, 4.69) is 17.1 Å². The highest BCUT2D eigenvalue weighted by Crippen LogP contribution is 2.20. The van der Waals surface area contributed by atoms with E-state index in [0.29, 0.717) is 12.5 Å². The van der Waals surface area contributed by atoms with Crippen LogP contribution in [0.2, 0.25) is 0 Å². The molecule has 0 aliphatic carbocycles. The minimum atomic E-state index is 0.232. The summed E-state index contributed by atoms with van der Waals surface area (Å²) in [5, 5.41) is 6.71. The number of hydrogen-bond donors (Lipinski definition) is 1. The maximum Gasteiger partial charge on any atom is 0.228 e. The molecule has 0 aromatic carbocycles. The van der Waals surface area contributed by atoms with Crippen molar-refractivity contribution < 1.29 is 4.79 Å². The van der Waals surface area contributed by atoms with Crippen molar-refractivity contribution in [3.05, 3.63) is 18.0 Å². The van der Waals surface area contributed by atoms with Crippen LogP contribution in [0.25, 0.3) is 0 Å². The molecule has 0 saturated carbocycles. The first-order valence-electron chi connectivity index (χ1n) is 6.09. The minimum absolute atomic E-state index is 0.232. The van der Waals surface area contributed by atoms with Gasteiger partial charge in [-0.1, -0.05) is 6.92 Å². The number of aromatic amines is 1. The zero-order valence-electron chi connectivity index (χ0n) is 9.78. The first-order valence-corrected chi connectivity index (χ1v) is 6.09. The Labute approximate surface area is 96.0 Å². The molecule has 1 aromatic heterocycles. The van der Waals surface area contributed by atoms with Gasteiger partial charge in [0.05, 0.1) is 6.42 Å². The summed E-state index contributed by atoms with van der Waals surface area (Å²) in [6.07, 6.45) is 6.77. The van der Waals surface area contributed by atoms with Crippen molar-refractivity contribution in [2.24, 2.45) is 0 Å². The Bertz CT molecular complexity index is 334. The Kier molecular flexibility index (Phi) is 3.59. The normalized spacial score (nSPS) is 21.1. The predicted molar refractivity (Wildman–Crippen MR) is 61.9 cm³/mol. The van der Waals surface area contributed by atoms with Crippen LogP contribution in [-0.4, -0.2) is 33.6 Å². The number of nitrogens with zero attached hydrogens (tertiary/aromatic N) is 2. The molecule has 0 radical (unpaired) electrons. The zero-order valence-corrected chi connectivity index (χ0v) is 9.78. The second-order valence-electron chi connectivity index (χ2n) is 4.40. The second-order valence-corrected chi connectivity index (χ2v) is 4.40. The Balaban J connectivity index is 1.97. The van der Waals surface area contributed by atoms with Crippen LogP contribution in [0.1, 0.15) is 38.3 Å². The number of piperidine rings is 1. The van der Waals surface area contributed by atoms with Crippen LogP contribution >= 0.6 is 0 Å². The summed E-state index contributed by atoms with van der Waals surface area (Å²) in [6, 6.07) is 2.31. The number of nitrogens with one attached hydrogen (secondary N) is 1. The van der Waals surface area contributed by atoms with Crippen LogP contribution in [0, 0.1) is 0 Å². The van der Waals surface area contributed by atoms with Crippen LogP contribution in [-0.2, 0) is 11.2 Å². The fourth-order valence-electron chi connectivity index (χ4n) is 2.40. The fraction of sp³-hybridized carbons (Fsp3) is 0.667. The molecule has 1 atom stereocenters. The van der Waals surface area contributed by atoms with E-state index in [-0.39, 0.29) is 5.91 Å². The molecule has 1 amide bonds. The van der Waals surface area contributed by atoms with Gasteiger partial charge in [0, 0.05) is 24.5 Å². The molecule has 0 spiro atoms. The third-order valence-corrected chi connectivity index (χ3v) is 3.32. The SMILES string of the molecule is CCC1CCCCN1C(=O)Cc1ccn[nH]1. The Morgan fingerprint density at radius 2 is 2.50 bits per heavy atom. The summed E-state index contributed by atoms with van der Waals surface area (Å²) in [5.74, 6) is 0.232. The van der Waals surface area contributed by atoms with Crippen molar-refractivity contribution in [3.63, 3.8) is 0 Å². The summed E-state index contributed by atoms with van der Waals surface area (Å²) >= 11 is 0. The highest BCUT2D eigenvalue weighted by molar-refractivity contribution is 5.78. The van der Waals surface area contributed by atoms with Gasteiger partial charge < -0.3 is 4.90 Å². The number of amides is 1. The zero-order chi connectivity index (χ0) is 11.4. The lowest BCUT2D eigenvalue weighted by Gasteiger charge is -2.35. The van der Waals surface area contributed by atoms with Crippen LogP contribution in [0.4, 0.5) is 0 Å². The van der Waals surface area contributed by atoms with E-state index in [1.54, 1.807) is 6.20 Å². The standard InChI is InChI=1S/C12H19N3O/c1-2-11-5-3-4-8-15(11)12(16)9-10-6-7-13-14-10/h6-7,11H,2-5,8-9H2,1H3,(H,13,14). The maximum atomic E-state index is 12.1.